The van der Waals surface area contributed by atoms with Gasteiger partial charge in [0.15, 0.2) is 0 Å². The molecule has 0 saturated heterocycles. The van der Waals surface area contributed by atoms with Gasteiger partial charge < -0.3 is 20.3 Å². The molecule has 1 rings (SSSR count). The van der Waals surface area contributed by atoms with Gasteiger partial charge >= 0.3 is 0 Å². The highest BCUT2D eigenvalue weighted by Crippen LogP contribution is 2.17. The van der Waals surface area contributed by atoms with Gasteiger partial charge in [-0.15, -0.1) is 0 Å². The summed E-state index contributed by atoms with van der Waals surface area (Å²) in [5, 5.41) is 21.4. The lowest BCUT2D eigenvalue weighted by molar-refractivity contribution is 0.171. The fourth-order valence-corrected chi connectivity index (χ4v) is 1.44. The molecule has 1 atom stereocenters. The second-order valence-corrected chi connectivity index (χ2v) is 3.86. The van der Waals surface area contributed by atoms with Crippen LogP contribution in [0.5, 0.6) is 5.75 Å². The van der Waals surface area contributed by atoms with E-state index in [0.29, 0.717) is 19.7 Å². The fraction of sp³-hybridized carbons (Fsp3) is 0.538. The van der Waals surface area contributed by atoms with Gasteiger partial charge in [0.2, 0.25) is 0 Å². The van der Waals surface area contributed by atoms with Crippen LogP contribution in [0.1, 0.15) is 25.0 Å². The van der Waals surface area contributed by atoms with Crippen LogP contribution in [-0.4, -0.2) is 36.5 Å². The third kappa shape index (κ3) is 5.17. The van der Waals surface area contributed by atoms with Crippen LogP contribution in [0.15, 0.2) is 24.3 Å². The number of hydrogen-bond acceptors (Lipinski definition) is 4. The van der Waals surface area contributed by atoms with Crippen LogP contribution in [-0.2, 0) is 0 Å². The molecule has 4 heteroatoms. The van der Waals surface area contributed by atoms with Crippen LogP contribution in [0.4, 0.5) is 0 Å². The average Bonchev–Trinajstić information content (AvgIpc) is 2.37. The van der Waals surface area contributed by atoms with E-state index in [1.807, 2.05) is 24.3 Å². The monoisotopic (exact) mass is 239 g/mol. The predicted molar refractivity (Wildman–Crippen MR) is 67.1 cm³/mol. The maximum absolute atomic E-state index is 9.83. The van der Waals surface area contributed by atoms with Crippen LogP contribution in [0.2, 0.25) is 0 Å². The van der Waals surface area contributed by atoms with Gasteiger partial charge in [-0.1, -0.05) is 19.1 Å². The Labute approximate surface area is 102 Å². The summed E-state index contributed by atoms with van der Waals surface area (Å²) in [5.41, 5.74) is 0.847. The van der Waals surface area contributed by atoms with Gasteiger partial charge in [0.25, 0.3) is 0 Å². The standard InChI is InChI=1S/C13H21NO3/c1-2-9-17-12-5-3-11(4-6-12)13(16)10-14-7-8-15/h3-6,13-16H,2,7-10H2,1H3. The zero-order valence-electron chi connectivity index (χ0n) is 10.2. The molecule has 0 heterocycles. The largest absolute Gasteiger partial charge is 0.494 e. The minimum absolute atomic E-state index is 0.0799. The summed E-state index contributed by atoms with van der Waals surface area (Å²) in [6.45, 7) is 3.78. The first-order valence-electron chi connectivity index (χ1n) is 6.00. The maximum atomic E-state index is 9.83. The molecule has 0 fully saturated rings. The van der Waals surface area contributed by atoms with Crippen molar-refractivity contribution in [2.45, 2.75) is 19.4 Å². The lowest BCUT2D eigenvalue weighted by atomic mass is 10.1. The van der Waals surface area contributed by atoms with Gasteiger partial charge in [-0.25, -0.2) is 0 Å². The molecule has 0 aliphatic heterocycles. The molecule has 1 unspecified atom stereocenters. The van der Waals surface area contributed by atoms with Crippen molar-refractivity contribution in [1.82, 2.24) is 5.32 Å². The molecular formula is C13H21NO3. The van der Waals surface area contributed by atoms with Crippen molar-refractivity contribution in [2.75, 3.05) is 26.3 Å². The molecule has 96 valence electrons. The topological polar surface area (TPSA) is 61.7 Å². The molecule has 0 bridgehead atoms. The molecule has 1 aromatic rings. The zero-order valence-corrected chi connectivity index (χ0v) is 10.2. The Bertz CT molecular complexity index is 300. The number of rotatable bonds is 8. The van der Waals surface area contributed by atoms with E-state index in [1.165, 1.54) is 0 Å². The summed E-state index contributed by atoms with van der Waals surface area (Å²) in [4.78, 5) is 0. The summed E-state index contributed by atoms with van der Waals surface area (Å²) in [6.07, 6.45) is 0.428. The Hall–Kier alpha value is -1.10. The van der Waals surface area contributed by atoms with Crippen molar-refractivity contribution in [3.8, 4) is 5.75 Å². The van der Waals surface area contributed by atoms with E-state index in [9.17, 15) is 5.11 Å². The minimum atomic E-state index is -0.554. The first-order chi connectivity index (χ1) is 8.27. The van der Waals surface area contributed by atoms with E-state index in [4.69, 9.17) is 9.84 Å². The second-order valence-electron chi connectivity index (χ2n) is 3.86. The summed E-state index contributed by atoms with van der Waals surface area (Å²) in [5.74, 6) is 0.825. The van der Waals surface area contributed by atoms with Gasteiger partial charge in [-0.3, -0.25) is 0 Å². The quantitative estimate of drug-likeness (QED) is 0.594. The Morgan fingerprint density at radius 2 is 2.00 bits per heavy atom. The number of nitrogens with one attached hydrogen (secondary N) is 1. The molecule has 0 amide bonds. The van der Waals surface area contributed by atoms with Crippen LogP contribution in [0, 0.1) is 0 Å². The van der Waals surface area contributed by atoms with Crippen molar-refractivity contribution < 1.29 is 14.9 Å². The van der Waals surface area contributed by atoms with Crippen LogP contribution in [0.25, 0.3) is 0 Å². The first kappa shape index (κ1) is 14.0. The fourth-order valence-electron chi connectivity index (χ4n) is 1.44. The van der Waals surface area contributed by atoms with Crippen LogP contribution >= 0.6 is 0 Å². The molecular weight excluding hydrogens is 218 g/mol. The van der Waals surface area contributed by atoms with Gasteiger partial charge in [-0.2, -0.15) is 0 Å². The first-order valence-corrected chi connectivity index (χ1v) is 6.00. The highest BCUT2D eigenvalue weighted by molar-refractivity contribution is 5.28. The lowest BCUT2D eigenvalue weighted by Gasteiger charge is -2.12. The predicted octanol–water partition coefficient (Wildman–Crippen LogP) is 1.09. The SMILES string of the molecule is CCCOc1ccc(C(O)CNCCO)cc1. The van der Waals surface area contributed by atoms with Crippen LogP contribution < -0.4 is 10.1 Å². The van der Waals surface area contributed by atoms with E-state index < -0.39 is 6.10 Å². The molecule has 0 aliphatic carbocycles. The molecule has 0 aromatic heterocycles. The van der Waals surface area contributed by atoms with Gasteiger partial charge in [0.05, 0.1) is 19.3 Å². The molecule has 0 saturated carbocycles. The third-order valence-corrected chi connectivity index (χ3v) is 2.36. The third-order valence-electron chi connectivity index (χ3n) is 2.36. The van der Waals surface area contributed by atoms with Gasteiger partial charge in [-0.05, 0) is 24.1 Å². The summed E-state index contributed by atoms with van der Waals surface area (Å²) in [6, 6.07) is 7.44. The Morgan fingerprint density at radius 1 is 1.29 bits per heavy atom. The summed E-state index contributed by atoms with van der Waals surface area (Å²) in [7, 11) is 0. The van der Waals surface area contributed by atoms with Gasteiger partial charge in [0.1, 0.15) is 5.75 Å². The molecule has 0 aliphatic rings. The van der Waals surface area contributed by atoms with E-state index in [1.54, 1.807) is 0 Å². The van der Waals surface area contributed by atoms with Crippen molar-refractivity contribution in [3.63, 3.8) is 0 Å². The normalized spacial score (nSPS) is 12.4. The van der Waals surface area contributed by atoms with E-state index >= 15 is 0 Å². The Balaban J connectivity index is 2.43. The number of ether oxygens (including phenoxy) is 1. The van der Waals surface area contributed by atoms with E-state index in [-0.39, 0.29) is 6.61 Å². The Morgan fingerprint density at radius 3 is 2.59 bits per heavy atom. The molecule has 3 N–H and O–H groups in total. The molecule has 4 nitrogen and oxygen atoms in total. The number of benzene rings is 1. The van der Waals surface area contributed by atoms with Gasteiger partial charge in [0, 0.05) is 13.1 Å². The second kappa shape index (κ2) is 8.06. The highest BCUT2D eigenvalue weighted by Gasteiger charge is 2.06. The maximum Gasteiger partial charge on any atom is 0.119 e. The van der Waals surface area contributed by atoms with E-state index in [2.05, 4.69) is 12.2 Å². The molecule has 0 radical (unpaired) electrons. The summed E-state index contributed by atoms with van der Waals surface area (Å²) < 4.78 is 5.46. The smallest absolute Gasteiger partial charge is 0.119 e. The average molecular weight is 239 g/mol. The minimum Gasteiger partial charge on any atom is -0.494 e. The van der Waals surface area contributed by atoms with Crippen molar-refractivity contribution in [2.24, 2.45) is 0 Å². The number of hydrogen-bond donors (Lipinski definition) is 3. The number of aliphatic hydroxyl groups is 2. The number of aliphatic hydroxyl groups excluding tert-OH is 2. The van der Waals surface area contributed by atoms with Crippen molar-refractivity contribution in [1.29, 1.82) is 0 Å². The van der Waals surface area contributed by atoms with E-state index in [0.717, 1.165) is 17.7 Å². The molecule has 0 spiro atoms. The van der Waals surface area contributed by atoms with Crippen molar-refractivity contribution in [3.05, 3.63) is 29.8 Å². The summed E-state index contributed by atoms with van der Waals surface area (Å²) >= 11 is 0. The molecule has 1 aromatic carbocycles. The Kier molecular flexibility index (Phi) is 6.62. The lowest BCUT2D eigenvalue weighted by Crippen LogP contribution is -2.24. The zero-order chi connectivity index (χ0) is 12.5. The molecule has 17 heavy (non-hydrogen) atoms. The highest BCUT2D eigenvalue weighted by atomic mass is 16.5. The van der Waals surface area contributed by atoms with Crippen molar-refractivity contribution >= 4 is 0 Å². The van der Waals surface area contributed by atoms with Crippen LogP contribution in [0.3, 0.4) is 0 Å².